The molecular formula is C23H24FNO5S. The number of hydrogen-bond donors (Lipinski definition) is 0. The Morgan fingerprint density at radius 2 is 1.94 bits per heavy atom. The van der Waals surface area contributed by atoms with Crippen LogP contribution in [0.25, 0.3) is 22.3 Å². The number of aryl methyl sites for hydroxylation is 1. The molecule has 164 valence electrons. The van der Waals surface area contributed by atoms with Crippen molar-refractivity contribution in [3.63, 3.8) is 0 Å². The van der Waals surface area contributed by atoms with Gasteiger partial charge in [0.2, 0.25) is 10.0 Å². The largest absolute Gasteiger partial charge is 0.462 e. The van der Waals surface area contributed by atoms with Gasteiger partial charge in [0, 0.05) is 23.6 Å². The lowest BCUT2D eigenvalue weighted by Crippen LogP contribution is -2.31. The average Bonchev–Trinajstić information content (AvgIpc) is 3.06. The SMILES string of the molecule is C=CCCN(c1cc2oc(-c3ccc(F)cc3)c(C(=O)OCC)c2cc1C)S(C)(=O)=O. The summed E-state index contributed by atoms with van der Waals surface area (Å²) in [4.78, 5) is 12.7. The van der Waals surface area contributed by atoms with Gasteiger partial charge in [-0.3, -0.25) is 4.31 Å². The Kier molecular flexibility index (Phi) is 6.50. The summed E-state index contributed by atoms with van der Waals surface area (Å²) in [7, 11) is -3.56. The number of benzene rings is 2. The molecule has 0 saturated carbocycles. The van der Waals surface area contributed by atoms with Crippen LogP contribution in [0.3, 0.4) is 0 Å². The van der Waals surface area contributed by atoms with Crippen LogP contribution in [-0.2, 0) is 14.8 Å². The summed E-state index contributed by atoms with van der Waals surface area (Å²) >= 11 is 0. The van der Waals surface area contributed by atoms with Gasteiger partial charge in [0.25, 0.3) is 0 Å². The number of sulfonamides is 1. The molecule has 0 amide bonds. The summed E-state index contributed by atoms with van der Waals surface area (Å²) in [5.41, 5.74) is 2.16. The van der Waals surface area contributed by atoms with E-state index in [1.165, 1.54) is 28.6 Å². The van der Waals surface area contributed by atoms with Gasteiger partial charge in [-0.05, 0) is 56.2 Å². The molecule has 0 N–H and O–H groups in total. The molecule has 3 aromatic rings. The minimum atomic E-state index is -3.56. The van der Waals surface area contributed by atoms with E-state index in [9.17, 15) is 17.6 Å². The van der Waals surface area contributed by atoms with Crippen molar-refractivity contribution in [1.29, 1.82) is 0 Å². The molecule has 0 radical (unpaired) electrons. The van der Waals surface area contributed by atoms with Crippen molar-refractivity contribution in [2.75, 3.05) is 23.7 Å². The van der Waals surface area contributed by atoms with Gasteiger partial charge in [0.1, 0.15) is 22.7 Å². The summed E-state index contributed by atoms with van der Waals surface area (Å²) in [6.45, 7) is 7.52. The monoisotopic (exact) mass is 445 g/mol. The summed E-state index contributed by atoms with van der Waals surface area (Å²) < 4.78 is 50.7. The van der Waals surface area contributed by atoms with E-state index >= 15 is 0 Å². The molecular weight excluding hydrogens is 421 g/mol. The van der Waals surface area contributed by atoms with E-state index < -0.39 is 21.8 Å². The summed E-state index contributed by atoms with van der Waals surface area (Å²) in [5, 5.41) is 0.496. The molecule has 3 rings (SSSR count). The number of nitrogens with zero attached hydrogens (tertiary/aromatic N) is 1. The molecule has 0 aliphatic heterocycles. The highest BCUT2D eigenvalue weighted by molar-refractivity contribution is 7.92. The van der Waals surface area contributed by atoms with Crippen molar-refractivity contribution < 1.29 is 26.8 Å². The predicted molar refractivity (Wildman–Crippen MR) is 119 cm³/mol. The van der Waals surface area contributed by atoms with E-state index in [0.29, 0.717) is 34.2 Å². The predicted octanol–water partition coefficient (Wildman–Crippen LogP) is 5.07. The third-order valence-corrected chi connectivity index (χ3v) is 5.98. The lowest BCUT2D eigenvalue weighted by atomic mass is 10.0. The Bertz CT molecular complexity index is 1230. The first kappa shape index (κ1) is 22.6. The molecule has 0 fully saturated rings. The van der Waals surface area contributed by atoms with Gasteiger partial charge < -0.3 is 9.15 Å². The van der Waals surface area contributed by atoms with Crippen molar-refractivity contribution in [1.82, 2.24) is 0 Å². The number of carbonyl (C=O) groups excluding carboxylic acids is 1. The number of carbonyl (C=O) groups is 1. The normalized spacial score (nSPS) is 11.5. The number of fused-ring (bicyclic) bond motifs is 1. The topological polar surface area (TPSA) is 76.8 Å². The van der Waals surface area contributed by atoms with Crippen molar-refractivity contribution in [2.45, 2.75) is 20.3 Å². The first-order valence-corrected chi connectivity index (χ1v) is 11.6. The molecule has 0 aliphatic rings. The maximum Gasteiger partial charge on any atom is 0.342 e. The Morgan fingerprint density at radius 3 is 2.52 bits per heavy atom. The molecule has 1 heterocycles. The first-order valence-electron chi connectivity index (χ1n) is 9.76. The minimum absolute atomic E-state index is 0.175. The van der Waals surface area contributed by atoms with Crippen LogP contribution in [0, 0.1) is 12.7 Å². The van der Waals surface area contributed by atoms with Gasteiger partial charge in [-0.25, -0.2) is 17.6 Å². The van der Waals surface area contributed by atoms with Crippen molar-refractivity contribution in [3.8, 4) is 11.3 Å². The van der Waals surface area contributed by atoms with E-state index in [1.54, 1.807) is 32.1 Å². The number of ether oxygens (including phenoxy) is 1. The molecule has 0 aliphatic carbocycles. The molecule has 0 saturated heterocycles. The highest BCUT2D eigenvalue weighted by Crippen LogP contribution is 2.38. The van der Waals surface area contributed by atoms with Gasteiger partial charge in [0.15, 0.2) is 0 Å². The highest BCUT2D eigenvalue weighted by atomic mass is 32.2. The quantitative estimate of drug-likeness (QED) is 0.358. The summed E-state index contributed by atoms with van der Waals surface area (Å²) in [6.07, 6.45) is 3.25. The van der Waals surface area contributed by atoms with E-state index in [1.807, 2.05) is 0 Å². The number of halogens is 1. The molecule has 2 aromatic carbocycles. The van der Waals surface area contributed by atoms with Crippen LogP contribution in [-0.4, -0.2) is 33.8 Å². The lowest BCUT2D eigenvalue weighted by molar-refractivity contribution is 0.0528. The smallest absolute Gasteiger partial charge is 0.342 e. The van der Waals surface area contributed by atoms with Crippen LogP contribution in [0.2, 0.25) is 0 Å². The zero-order chi connectivity index (χ0) is 22.8. The molecule has 0 unspecified atom stereocenters. The molecule has 0 bridgehead atoms. The molecule has 0 atom stereocenters. The summed E-state index contributed by atoms with van der Waals surface area (Å²) in [5.74, 6) is -0.747. The molecule has 0 spiro atoms. The highest BCUT2D eigenvalue weighted by Gasteiger charge is 2.26. The third kappa shape index (κ3) is 4.64. The van der Waals surface area contributed by atoms with Crippen LogP contribution in [0.1, 0.15) is 29.3 Å². The number of furan rings is 1. The fraction of sp³-hybridized carbons (Fsp3) is 0.261. The first-order chi connectivity index (χ1) is 14.7. The van der Waals surface area contributed by atoms with E-state index in [0.717, 1.165) is 6.26 Å². The molecule has 1 aromatic heterocycles. The second-order valence-corrected chi connectivity index (χ2v) is 8.99. The van der Waals surface area contributed by atoms with Crippen LogP contribution >= 0.6 is 0 Å². The fourth-order valence-electron chi connectivity index (χ4n) is 3.39. The van der Waals surface area contributed by atoms with Gasteiger partial charge in [-0.15, -0.1) is 6.58 Å². The number of hydrogen-bond acceptors (Lipinski definition) is 5. The van der Waals surface area contributed by atoms with Crippen LogP contribution in [0.15, 0.2) is 53.5 Å². The standard InChI is InChI=1S/C23H24FNO5S/c1-5-7-12-25(31(4,27)28)19-14-20-18(13-15(19)3)21(23(26)29-6-2)22(30-20)16-8-10-17(24)11-9-16/h5,8-11,13-14H,1,6-7,12H2,2-4H3. The van der Waals surface area contributed by atoms with Crippen molar-refractivity contribution in [3.05, 3.63) is 66.0 Å². The van der Waals surface area contributed by atoms with E-state index in [4.69, 9.17) is 9.15 Å². The van der Waals surface area contributed by atoms with Gasteiger partial charge in [-0.2, -0.15) is 0 Å². The van der Waals surface area contributed by atoms with Gasteiger partial charge >= 0.3 is 5.97 Å². The number of anilines is 1. The second kappa shape index (κ2) is 8.93. The maximum absolute atomic E-state index is 13.4. The van der Waals surface area contributed by atoms with E-state index in [2.05, 4.69) is 6.58 Å². The van der Waals surface area contributed by atoms with Crippen molar-refractivity contribution in [2.24, 2.45) is 0 Å². The Morgan fingerprint density at radius 1 is 1.26 bits per heavy atom. The second-order valence-electron chi connectivity index (χ2n) is 7.08. The summed E-state index contributed by atoms with van der Waals surface area (Å²) in [6, 6.07) is 8.88. The fourth-order valence-corrected chi connectivity index (χ4v) is 4.38. The maximum atomic E-state index is 13.4. The molecule has 6 nitrogen and oxygen atoms in total. The number of esters is 1. The third-order valence-electron chi connectivity index (χ3n) is 4.80. The Balaban J connectivity index is 2.26. The van der Waals surface area contributed by atoms with Crippen molar-refractivity contribution >= 4 is 32.6 Å². The van der Waals surface area contributed by atoms with Crippen LogP contribution < -0.4 is 4.31 Å². The number of rotatable bonds is 8. The van der Waals surface area contributed by atoms with E-state index in [-0.39, 0.29) is 24.5 Å². The Labute approximate surface area is 181 Å². The minimum Gasteiger partial charge on any atom is -0.462 e. The zero-order valence-electron chi connectivity index (χ0n) is 17.6. The van der Waals surface area contributed by atoms with Crippen LogP contribution in [0.5, 0.6) is 0 Å². The average molecular weight is 446 g/mol. The lowest BCUT2D eigenvalue weighted by Gasteiger charge is -2.23. The molecule has 31 heavy (non-hydrogen) atoms. The van der Waals surface area contributed by atoms with Gasteiger partial charge in [0.05, 0.1) is 18.6 Å². The zero-order valence-corrected chi connectivity index (χ0v) is 18.5. The van der Waals surface area contributed by atoms with Gasteiger partial charge in [-0.1, -0.05) is 6.08 Å². The molecule has 8 heteroatoms. The van der Waals surface area contributed by atoms with Crippen LogP contribution in [0.4, 0.5) is 10.1 Å². The Hall–Kier alpha value is -3.13.